The van der Waals surface area contributed by atoms with E-state index in [4.69, 9.17) is 11.5 Å². The van der Waals surface area contributed by atoms with Crippen LogP contribution in [0.2, 0.25) is 0 Å². The van der Waals surface area contributed by atoms with Crippen LogP contribution in [-0.2, 0) is 20.8 Å². The van der Waals surface area contributed by atoms with E-state index in [2.05, 4.69) is 19.2 Å². The molecule has 0 aliphatic heterocycles. The summed E-state index contributed by atoms with van der Waals surface area (Å²) in [5, 5.41) is 2.64. The molecule has 1 aromatic rings. The highest BCUT2D eigenvalue weighted by atomic mass is 16.2. The van der Waals surface area contributed by atoms with E-state index in [1.165, 1.54) is 0 Å². The molecule has 0 saturated heterocycles. The van der Waals surface area contributed by atoms with Crippen molar-refractivity contribution >= 4 is 18.1 Å². The maximum absolute atomic E-state index is 12.5. The van der Waals surface area contributed by atoms with Crippen molar-refractivity contribution in [2.45, 2.75) is 64.5 Å². The van der Waals surface area contributed by atoms with Crippen LogP contribution >= 0.6 is 0 Å². The maximum atomic E-state index is 12.5. The Labute approximate surface area is 162 Å². The van der Waals surface area contributed by atoms with Crippen molar-refractivity contribution in [3.05, 3.63) is 35.9 Å². The summed E-state index contributed by atoms with van der Waals surface area (Å²) in [5.74, 6) is -1.53. The Morgan fingerprint density at radius 2 is 1.85 bits per heavy atom. The third kappa shape index (κ3) is 7.91. The van der Waals surface area contributed by atoms with Gasteiger partial charge in [0, 0.05) is 0 Å². The lowest BCUT2D eigenvalue weighted by Crippen LogP contribution is -2.53. The summed E-state index contributed by atoms with van der Waals surface area (Å²) >= 11 is 0. The van der Waals surface area contributed by atoms with Crippen molar-refractivity contribution in [2.24, 2.45) is 23.3 Å². The molecule has 150 valence electrons. The molecule has 4 atom stereocenters. The first-order valence-corrected chi connectivity index (χ1v) is 9.77. The Hall–Kier alpha value is -2.21. The third-order valence-corrected chi connectivity index (χ3v) is 5.02. The van der Waals surface area contributed by atoms with Gasteiger partial charge in [-0.2, -0.15) is 0 Å². The summed E-state index contributed by atoms with van der Waals surface area (Å²) < 4.78 is 0. The molecule has 0 aliphatic carbocycles. The van der Waals surface area contributed by atoms with Gasteiger partial charge in [-0.3, -0.25) is 9.59 Å². The van der Waals surface area contributed by atoms with Crippen molar-refractivity contribution < 1.29 is 14.4 Å². The number of carbonyl (C=O) groups excluding carboxylic acids is 3. The SMILES string of the molecule is CCCCC(CC)CC(C(N)=O)[C@H](N)C(=O)N[C@H](C=O)Cc1ccccc1. The first-order valence-electron chi connectivity index (χ1n) is 9.77. The zero-order chi connectivity index (χ0) is 20.2. The lowest BCUT2D eigenvalue weighted by molar-refractivity contribution is -0.131. The molecule has 0 spiro atoms. The van der Waals surface area contributed by atoms with Crippen LogP contribution in [-0.4, -0.2) is 30.2 Å². The number of primary amides is 1. The first kappa shape index (κ1) is 22.8. The van der Waals surface area contributed by atoms with Gasteiger partial charge in [0.05, 0.1) is 18.0 Å². The number of hydrogen-bond acceptors (Lipinski definition) is 4. The summed E-state index contributed by atoms with van der Waals surface area (Å²) in [5.41, 5.74) is 12.5. The molecule has 2 unspecified atom stereocenters. The first-order chi connectivity index (χ1) is 12.9. The van der Waals surface area contributed by atoms with E-state index in [-0.39, 0.29) is 0 Å². The molecule has 0 bridgehead atoms. The molecule has 0 aromatic heterocycles. The van der Waals surface area contributed by atoms with Crippen LogP contribution < -0.4 is 16.8 Å². The highest BCUT2D eigenvalue weighted by Crippen LogP contribution is 2.23. The Morgan fingerprint density at radius 3 is 2.37 bits per heavy atom. The van der Waals surface area contributed by atoms with Crippen LogP contribution in [0.3, 0.4) is 0 Å². The highest BCUT2D eigenvalue weighted by Gasteiger charge is 2.32. The molecule has 0 radical (unpaired) electrons. The maximum Gasteiger partial charge on any atom is 0.238 e. The quantitative estimate of drug-likeness (QED) is 0.457. The Kier molecular flexibility index (Phi) is 10.3. The minimum Gasteiger partial charge on any atom is -0.369 e. The molecule has 27 heavy (non-hydrogen) atoms. The van der Waals surface area contributed by atoms with Crippen LogP contribution in [0.5, 0.6) is 0 Å². The van der Waals surface area contributed by atoms with Crippen molar-refractivity contribution in [1.82, 2.24) is 5.32 Å². The zero-order valence-corrected chi connectivity index (χ0v) is 16.4. The molecule has 1 aromatic carbocycles. The Balaban J connectivity index is 2.73. The van der Waals surface area contributed by atoms with E-state index in [0.717, 1.165) is 31.2 Å². The topological polar surface area (TPSA) is 115 Å². The molecule has 6 heteroatoms. The summed E-state index contributed by atoms with van der Waals surface area (Å²) in [6.07, 6.45) is 5.58. The van der Waals surface area contributed by atoms with Gasteiger partial charge in [-0.15, -0.1) is 0 Å². The Morgan fingerprint density at radius 1 is 1.19 bits per heavy atom. The number of hydrogen-bond donors (Lipinski definition) is 3. The number of unbranched alkanes of at least 4 members (excludes halogenated alkanes) is 1. The van der Waals surface area contributed by atoms with Gasteiger partial charge in [0.15, 0.2) is 0 Å². The molecular formula is C21H33N3O3. The van der Waals surface area contributed by atoms with E-state index in [1.54, 1.807) is 0 Å². The standard InChI is InChI=1S/C21H33N3O3/c1-3-5-9-15(4-2)13-18(20(23)26)19(22)21(27)24-17(14-25)12-16-10-7-6-8-11-16/h6-8,10-11,14-15,17-19H,3-5,9,12-13,22H2,1-2H3,(H2,23,26)(H,24,27)/t15?,17-,18?,19-/m0/s1. The molecule has 0 saturated carbocycles. The number of benzene rings is 1. The number of amides is 2. The largest absolute Gasteiger partial charge is 0.369 e. The van der Waals surface area contributed by atoms with E-state index < -0.39 is 29.8 Å². The van der Waals surface area contributed by atoms with Gasteiger partial charge in [0.25, 0.3) is 0 Å². The number of aldehydes is 1. The van der Waals surface area contributed by atoms with E-state index in [0.29, 0.717) is 25.0 Å². The van der Waals surface area contributed by atoms with Gasteiger partial charge in [-0.25, -0.2) is 0 Å². The van der Waals surface area contributed by atoms with Crippen LogP contribution in [0.4, 0.5) is 0 Å². The second kappa shape index (κ2) is 12.2. The summed E-state index contributed by atoms with van der Waals surface area (Å²) in [4.78, 5) is 35.8. The van der Waals surface area contributed by atoms with Crippen molar-refractivity contribution in [3.8, 4) is 0 Å². The van der Waals surface area contributed by atoms with Crippen LogP contribution in [0.1, 0.15) is 51.5 Å². The van der Waals surface area contributed by atoms with Gasteiger partial charge in [0.1, 0.15) is 6.29 Å². The fourth-order valence-electron chi connectivity index (χ4n) is 3.24. The molecule has 2 amide bonds. The van der Waals surface area contributed by atoms with Gasteiger partial charge >= 0.3 is 0 Å². The molecule has 0 heterocycles. The molecule has 6 nitrogen and oxygen atoms in total. The lowest BCUT2D eigenvalue weighted by atomic mass is 9.84. The van der Waals surface area contributed by atoms with Crippen molar-refractivity contribution in [1.29, 1.82) is 0 Å². The van der Waals surface area contributed by atoms with E-state index >= 15 is 0 Å². The second-order valence-corrected chi connectivity index (χ2v) is 7.13. The zero-order valence-electron chi connectivity index (χ0n) is 16.4. The van der Waals surface area contributed by atoms with Gasteiger partial charge < -0.3 is 21.6 Å². The molecular weight excluding hydrogens is 342 g/mol. The molecule has 1 rings (SSSR count). The van der Waals surface area contributed by atoms with Gasteiger partial charge in [-0.05, 0) is 24.3 Å². The van der Waals surface area contributed by atoms with Gasteiger partial charge in [0.2, 0.25) is 11.8 Å². The minimum absolute atomic E-state index is 0.299. The third-order valence-electron chi connectivity index (χ3n) is 5.02. The average molecular weight is 376 g/mol. The van der Waals surface area contributed by atoms with E-state index in [9.17, 15) is 14.4 Å². The fraction of sp³-hybridized carbons (Fsp3) is 0.571. The molecule has 0 aliphatic rings. The predicted molar refractivity (Wildman–Crippen MR) is 107 cm³/mol. The average Bonchev–Trinajstić information content (AvgIpc) is 2.67. The summed E-state index contributed by atoms with van der Waals surface area (Å²) in [6.45, 7) is 4.18. The summed E-state index contributed by atoms with van der Waals surface area (Å²) in [6, 6.07) is 7.64. The number of rotatable bonds is 13. The van der Waals surface area contributed by atoms with E-state index in [1.807, 2.05) is 30.3 Å². The van der Waals surface area contributed by atoms with Crippen LogP contribution in [0.15, 0.2) is 30.3 Å². The van der Waals surface area contributed by atoms with Crippen LogP contribution in [0.25, 0.3) is 0 Å². The highest BCUT2D eigenvalue weighted by molar-refractivity contribution is 5.90. The number of nitrogens with two attached hydrogens (primary N) is 2. The smallest absolute Gasteiger partial charge is 0.238 e. The minimum atomic E-state index is -1.06. The fourth-order valence-corrected chi connectivity index (χ4v) is 3.24. The lowest BCUT2D eigenvalue weighted by Gasteiger charge is -2.26. The molecule has 0 fully saturated rings. The summed E-state index contributed by atoms with van der Waals surface area (Å²) in [7, 11) is 0. The number of carbonyl (C=O) groups is 3. The van der Waals surface area contributed by atoms with Crippen LogP contribution in [0, 0.1) is 11.8 Å². The van der Waals surface area contributed by atoms with Crippen molar-refractivity contribution in [2.75, 3.05) is 0 Å². The second-order valence-electron chi connectivity index (χ2n) is 7.13. The monoisotopic (exact) mass is 375 g/mol. The molecule has 5 N–H and O–H groups in total. The van der Waals surface area contributed by atoms with Gasteiger partial charge in [-0.1, -0.05) is 69.9 Å². The predicted octanol–water partition coefficient (Wildman–Crippen LogP) is 1.95. The Bertz CT molecular complexity index is 592. The number of nitrogens with one attached hydrogen (secondary N) is 1. The van der Waals surface area contributed by atoms with Crippen molar-refractivity contribution in [3.63, 3.8) is 0 Å². The normalized spacial score (nSPS) is 15.4.